The molecule has 0 aromatic carbocycles. The summed E-state index contributed by atoms with van der Waals surface area (Å²) in [7, 11) is -3.37. The molecule has 0 aliphatic carbocycles. The van der Waals surface area contributed by atoms with Gasteiger partial charge in [-0.15, -0.1) is 0 Å². The van der Waals surface area contributed by atoms with E-state index in [4.69, 9.17) is 10.4 Å². The largest absolute Gasteiger partial charge is 0.315 e. The Labute approximate surface area is 91.7 Å². The van der Waals surface area contributed by atoms with Crippen molar-refractivity contribution in [1.82, 2.24) is 5.32 Å². The Morgan fingerprint density at radius 3 is 2.53 bits per heavy atom. The van der Waals surface area contributed by atoms with Gasteiger partial charge in [0.2, 0.25) is 10.0 Å². The predicted octanol–water partition coefficient (Wildman–Crippen LogP) is 0.194. The van der Waals surface area contributed by atoms with Crippen molar-refractivity contribution < 1.29 is 8.42 Å². The first-order chi connectivity index (χ1) is 6.77. The molecule has 0 aliphatic heterocycles. The molecule has 0 aliphatic rings. The minimum absolute atomic E-state index is 0.00803. The van der Waals surface area contributed by atoms with Gasteiger partial charge in [0.1, 0.15) is 0 Å². The average molecular weight is 233 g/mol. The molecule has 0 saturated carbocycles. The standard InChI is InChI=1S/C9H19N3O2S/c1-9(2,4-3-5-10)8-12-6-7-15(11,13)14/h12H,3-4,6-8H2,1-2H3,(H2,11,13,14). The maximum absolute atomic E-state index is 10.6. The number of nitriles is 1. The summed E-state index contributed by atoms with van der Waals surface area (Å²) < 4.78 is 21.2. The van der Waals surface area contributed by atoms with Gasteiger partial charge in [0, 0.05) is 19.5 Å². The quantitative estimate of drug-likeness (QED) is 0.614. The van der Waals surface area contributed by atoms with Crippen molar-refractivity contribution in [3.05, 3.63) is 0 Å². The van der Waals surface area contributed by atoms with E-state index in [0.29, 0.717) is 19.5 Å². The average Bonchev–Trinajstić information content (AvgIpc) is 2.08. The number of sulfonamides is 1. The molecule has 0 heterocycles. The van der Waals surface area contributed by atoms with Gasteiger partial charge in [-0.2, -0.15) is 5.26 Å². The molecule has 0 rings (SSSR count). The van der Waals surface area contributed by atoms with Crippen molar-refractivity contribution in [2.45, 2.75) is 26.7 Å². The third-order valence-corrected chi connectivity index (χ3v) is 2.85. The van der Waals surface area contributed by atoms with E-state index in [9.17, 15) is 8.42 Å². The molecular formula is C9H19N3O2S. The Hall–Kier alpha value is -0.640. The molecular weight excluding hydrogens is 214 g/mol. The molecule has 0 aromatic rings. The second kappa shape index (κ2) is 6.05. The minimum Gasteiger partial charge on any atom is -0.315 e. The van der Waals surface area contributed by atoms with Crippen LogP contribution in [0.2, 0.25) is 0 Å². The van der Waals surface area contributed by atoms with E-state index >= 15 is 0 Å². The lowest BCUT2D eigenvalue weighted by Crippen LogP contribution is -2.34. The van der Waals surface area contributed by atoms with E-state index in [2.05, 4.69) is 11.4 Å². The zero-order valence-electron chi connectivity index (χ0n) is 9.28. The Kier molecular flexibility index (Phi) is 5.80. The topological polar surface area (TPSA) is 96.0 Å². The fourth-order valence-electron chi connectivity index (χ4n) is 1.12. The summed E-state index contributed by atoms with van der Waals surface area (Å²) in [6.45, 7) is 5.11. The highest BCUT2D eigenvalue weighted by Gasteiger charge is 2.16. The molecule has 5 nitrogen and oxygen atoms in total. The highest BCUT2D eigenvalue weighted by molar-refractivity contribution is 7.89. The maximum Gasteiger partial charge on any atom is 0.210 e. The second-order valence-corrected chi connectivity index (χ2v) is 6.10. The minimum atomic E-state index is -3.37. The van der Waals surface area contributed by atoms with Crippen LogP contribution in [0.4, 0.5) is 0 Å². The van der Waals surface area contributed by atoms with E-state index < -0.39 is 10.0 Å². The van der Waals surface area contributed by atoms with Crippen LogP contribution in [0.3, 0.4) is 0 Å². The van der Waals surface area contributed by atoms with Crippen molar-refractivity contribution in [1.29, 1.82) is 5.26 Å². The fraction of sp³-hybridized carbons (Fsp3) is 0.889. The molecule has 0 bridgehead atoms. The van der Waals surface area contributed by atoms with E-state index in [1.807, 2.05) is 13.8 Å². The Balaban J connectivity index is 3.71. The smallest absolute Gasteiger partial charge is 0.210 e. The van der Waals surface area contributed by atoms with Gasteiger partial charge in [-0.25, -0.2) is 13.6 Å². The third-order valence-electron chi connectivity index (χ3n) is 2.08. The second-order valence-electron chi connectivity index (χ2n) is 4.37. The van der Waals surface area contributed by atoms with Crippen LogP contribution in [0.15, 0.2) is 0 Å². The van der Waals surface area contributed by atoms with Crippen LogP contribution in [0, 0.1) is 16.7 Å². The van der Waals surface area contributed by atoms with Gasteiger partial charge in [-0.1, -0.05) is 13.8 Å². The molecule has 0 spiro atoms. The lowest BCUT2D eigenvalue weighted by molar-refractivity contribution is 0.321. The van der Waals surface area contributed by atoms with Crippen LogP contribution in [0.5, 0.6) is 0 Å². The van der Waals surface area contributed by atoms with Crippen molar-refractivity contribution in [3.63, 3.8) is 0 Å². The summed E-state index contributed by atoms with van der Waals surface area (Å²) in [6.07, 6.45) is 1.32. The molecule has 15 heavy (non-hydrogen) atoms. The number of nitrogens with two attached hydrogens (primary N) is 1. The zero-order chi connectivity index (χ0) is 11.9. The van der Waals surface area contributed by atoms with Crippen molar-refractivity contribution in [2.24, 2.45) is 10.6 Å². The van der Waals surface area contributed by atoms with E-state index in [1.54, 1.807) is 0 Å². The summed E-state index contributed by atoms with van der Waals surface area (Å²) in [4.78, 5) is 0. The predicted molar refractivity (Wildman–Crippen MR) is 59.5 cm³/mol. The summed E-state index contributed by atoms with van der Waals surface area (Å²) >= 11 is 0. The van der Waals surface area contributed by atoms with Gasteiger partial charge in [0.05, 0.1) is 11.8 Å². The maximum atomic E-state index is 10.6. The third kappa shape index (κ3) is 9.66. The van der Waals surface area contributed by atoms with Gasteiger partial charge in [-0.05, 0) is 11.8 Å². The Morgan fingerprint density at radius 2 is 2.07 bits per heavy atom. The molecule has 0 atom stereocenters. The number of nitrogens with zero attached hydrogens (tertiary/aromatic N) is 1. The highest BCUT2D eigenvalue weighted by atomic mass is 32.2. The van der Waals surface area contributed by atoms with Gasteiger partial charge in [0.15, 0.2) is 0 Å². The van der Waals surface area contributed by atoms with Crippen LogP contribution in [-0.2, 0) is 10.0 Å². The molecule has 3 N–H and O–H groups in total. The number of rotatable bonds is 7. The van der Waals surface area contributed by atoms with E-state index in [-0.39, 0.29) is 11.2 Å². The Morgan fingerprint density at radius 1 is 1.47 bits per heavy atom. The lowest BCUT2D eigenvalue weighted by Gasteiger charge is -2.23. The van der Waals surface area contributed by atoms with Gasteiger partial charge in [0.25, 0.3) is 0 Å². The van der Waals surface area contributed by atoms with Crippen LogP contribution in [0.25, 0.3) is 0 Å². The molecule has 0 saturated heterocycles. The molecule has 0 radical (unpaired) electrons. The molecule has 0 unspecified atom stereocenters. The van der Waals surface area contributed by atoms with E-state index in [1.165, 1.54) is 0 Å². The normalized spacial score (nSPS) is 12.4. The Bertz CT molecular complexity index is 317. The summed E-state index contributed by atoms with van der Waals surface area (Å²) in [5.41, 5.74) is 0.00803. The molecule has 0 amide bonds. The van der Waals surface area contributed by atoms with Gasteiger partial charge < -0.3 is 5.32 Å². The molecule has 6 heteroatoms. The summed E-state index contributed by atoms with van der Waals surface area (Å²) in [5, 5.41) is 16.3. The summed E-state index contributed by atoms with van der Waals surface area (Å²) in [6, 6.07) is 2.09. The van der Waals surface area contributed by atoms with Crippen LogP contribution < -0.4 is 10.5 Å². The number of nitrogens with one attached hydrogen (secondary N) is 1. The first-order valence-electron chi connectivity index (χ1n) is 4.85. The van der Waals surface area contributed by atoms with Gasteiger partial charge >= 0.3 is 0 Å². The monoisotopic (exact) mass is 233 g/mol. The highest BCUT2D eigenvalue weighted by Crippen LogP contribution is 2.20. The lowest BCUT2D eigenvalue weighted by atomic mass is 9.88. The zero-order valence-corrected chi connectivity index (χ0v) is 10.1. The van der Waals surface area contributed by atoms with Crippen molar-refractivity contribution in [2.75, 3.05) is 18.8 Å². The molecule has 0 aromatic heterocycles. The van der Waals surface area contributed by atoms with E-state index in [0.717, 1.165) is 6.42 Å². The van der Waals surface area contributed by atoms with Crippen LogP contribution in [-0.4, -0.2) is 27.3 Å². The molecule has 88 valence electrons. The number of primary sulfonamides is 1. The SMILES string of the molecule is CC(C)(CCC#N)CNCCS(N)(=O)=O. The molecule has 0 fully saturated rings. The van der Waals surface area contributed by atoms with Crippen molar-refractivity contribution in [3.8, 4) is 6.07 Å². The fourth-order valence-corrected chi connectivity index (χ4v) is 1.55. The van der Waals surface area contributed by atoms with Crippen LogP contribution in [0.1, 0.15) is 26.7 Å². The number of hydrogen-bond donors (Lipinski definition) is 2. The van der Waals surface area contributed by atoms with Crippen LogP contribution >= 0.6 is 0 Å². The van der Waals surface area contributed by atoms with Crippen molar-refractivity contribution >= 4 is 10.0 Å². The summed E-state index contributed by atoms with van der Waals surface area (Å²) in [5.74, 6) is -0.0542. The number of hydrogen-bond acceptors (Lipinski definition) is 4. The first-order valence-corrected chi connectivity index (χ1v) is 6.56. The van der Waals surface area contributed by atoms with Gasteiger partial charge in [-0.3, -0.25) is 0 Å². The first kappa shape index (κ1) is 14.4.